The van der Waals surface area contributed by atoms with Crippen molar-refractivity contribution in [3.05, 3.63) is 53.4 Å². The van der Waals surface area contributed by atoms with E-state index in [1.807, 2.05) is 23.8 Å². The van der Waals surface area contributed by atoms with E-state index in [4.69, 9.17) is 0 Å². The smallest absolute Gasteiger partial charge is 0.271 e. The first-order valence-electron chi connectivity index (χ1n) is 8.56. The molecule has 2 unspecified atom stereocenters. The predicted octanol–water partition coefficient (Wildman–Crippen LogP) is 3.53. The number of carbonyl (C=O) groups is 1. The van der Waals surface area contributed by atoms with Crippen LogP contribution in [0.15, 0.2) is 30.5 Å². The van der Waals surface area contributed by atoms with Crippen LogP contribution in [0.2, 0.25) is 0 Å². The van der Waals surface area contributed by atoms with Crippen molar-refractivity contribution in [3.63, 3.8) is 0 Å². The lowest BCUT2D eigenvalue weighted by molar-refractivity contribution is 0.0925. The summed E-state index contributed by atoms with van der Waals surface area (Å²) in [6.45, 7) is 6.89. The number of hydrogen-bond donors (Lipinski definition) is 1. The summed E-state index contributed by atoms with van der Waals surface area (Å²) in [7, 11) is 0. The van der Waals surface area contributed by atoms with Gasteiger partial charge in [-0.2, -0.15) is 0 Å². The van der Waals surface area contributed by atoms with Crippen molar-refractivity contribution in [1.29, 1.82) is 0 Å². The quantitative estimate of drug-likeness (QED) is 0.933. The molecule has 1 aliphatic rings. The molecule has 0 spiro atoms. The van der Waals surface area contributed by atoms with Gasteiger partial charge in [0.25, 0.3) is 5.91 Å². The highest BCUT2D eigenvalue weighted by Crippen LogP contribution is 2.29. The minimum Gasteiger partial charge on any atom is -0.348 e. The number of nitrogens with zero attached hydrogens (tertiary/aromatic N) is 2. The molecule has 3 rings (SSSR count). The Balaban J connectivity index is 1.74. The lowest BCUT2D eigenvalue weighted by Gasteiger charge is -2.24. The maximum atomic E-state index is 13.4. The van der Waals surface area contributed by atoms with Crippen molar-refractivity contribution in [3.8, 4) is 0 Å². The van der Waals surface area contributed by atoms with Gasteiger partial charge in [0.2, 0.25) is 0 Å². The van der Waals surface area contributed by atoms with E-state index in [2.05, 4.69) is 24.1 Å². The summed E-state index contributed by atoms with van der Waals surface area (Å²) in [6.07, 6.45) is 3.54. The molecule has 1 amide bonds. The molecule has 2 aromatic rings. The van der Waals surface area contributed by atoms with Crippen molar-refractivity contribution in [2.75, 3.05) is 0 Å². The van der Waals surface area contributed by atoms with E-state index in [0.717, 1.165) is 30.8 Å². The molecule has 1 aliphatic heterocycles. The number of carbonyl (C=O) groups excluding carboxylic acids is 1. The second-order valence-corrected chi connectivity index (χ2v) is 6.99. The fourth-order valence-electron chi connectivity index (χ4n) is 3.03. The Morgan fingerprint density at radius 1 is 1.38 bits per heavy atom. The maximum absolute atomic E-state index is 13.4. The van der Waals surface area contributed by atoms with Crippen LogP contribution < -0.4 is 5.32 Å². The molecule has 1 aromatic heterocycles. The highest BCUT2D eigenvalue weighted by atomic mass is 19.1. The van der Waals surface area contributed by atoms with Gasteiger partial charge in [0.15, 0.2) is 0 Å². The summed E-state index contributed by atoms with van der Waals surface area (Å²) < 4.78 is 15.5. The Morgan fingerprint density at radius 3 is 2.88 bits per heavy atom. The van der Waals surface area contributed by atoms with Gasteiger partial charge >= 0.3 is 0 Å². The van der Waals surface area contributed by atoms with Gasteiger partial charge in [-0.25, -0.2) is 9.37 Å². The van der Waals surface area contributed by atoms with E-state index < -0.39 is 0 Å². The minimum atomic E-state index is -0.202. The molecule has 0 saturated carbocycles. The molecule has 4 nitrogen and oxygen atoms in total. The van der Waals surface area contributed by atoms with Crippen molar-refractivity contribution >= 4 is 5.91 Å². The van der Waals surface area contributed by atoms with Crippen LogP contribution in [0.3, 0.4) is 0 Å². The average Bonchev–Trinajstić information content (AvgIpc) is 2.97. The van der Waals surface area contributed by atoms with Gasteiger partial charge in [-0.3, -0.25) is 4.79 Å². The summed E-state index contributed by atoms with van der Waals surface area (Å²) >= 11 is 0. The third-order valence-corrected chi connectivity index (χ3v) is 4.90. The Hall–Kier alpha value is -2.17. The molecule has 1 N–H and O–H groups in total. The van der Waals surface area contributed by atoms with Crippen LogP contribution in [0.1, 0.15) is 55.0 Å². The van der Waals surface area contributed by atoms with Gasteiger partial charge in [0.05, 0.1) is 0 Å². The third-order valence-electron chi connectivity index (χ3n) is 4.90. The molecular formula is C19H24FN3O. The average molecular weight is 329 g/mol. The predicted molar refractivity (Wildman–Crippen MR) is 91.5 cm³/mol. The molecule has 128 valence electrons. The molecule has 1 aromatic carbocycles. The number of amides is 1. The molecule has 0 bridgehead atoms. The van der Waals surface area contributed by atoms with E-state index in [1.165, 1.54) is 6.07 Å². The van der Waals surface area contributed by atoms with Crippen LogP contribution in [-0.2, 0) is 13.0 Å². The summed E-state index contributed by atoms with van der Waals surface area (Å²) in [5.74, 6) is 1.24. The Labute approximate surface area is 142 Å². The first-order chi connectivity index (χ1) is 11.4. The maximum Gasteiger partial charge on any atom is 0.271 e. The second-order valence-electron chi connectivity index (χ2n) is 6.99. The Kier molecular flexibility index (Phi) is 4.69. The van der Waals surface area contributed by atoms with Crippen LogP contribution in [0, 0.1) is 11.7 Å². The molecule has 0 aliphatic carbocycles. The number of benzene rings is 1. The normalized spacial score (nSPS) is 18.3. The van der Waals surface area contributed by atoms with Gasteiger partial charge in [0.1, 0.15) is 17.3 Å². The van der Waals surface area contributed by atoms with Crippen LogP contribution in [-0.4, -0.2) is 21.5 Å². The molecular weight excluding hydrogens is 305 g/mol. The van der Waals surface area contributed by atoms with E-state index in [1.54, 1.807) is 12.1 Å². The first-order valence-corrected chi connectivity index (χ1v) is 8.56. The number of halogens is 1. The molecule has 0 fully saturated rings. The van der Waals surface area contributed by atoms with Crippen LogP contribution in [0.5, 0.6) is 0 Å². The second kappa shape index (κ2) is 6.75. The fourth-order valence-corrected chi connectivity index (χ4v) is 3.03. The Bertz CT molecular complexity index is 738. The SMILES string of the molecule is CC(C)C(C)NC(=O)c1cn2c(n1)CCC(c1cccc(F)c1)C2. The van der Waals surface area contributed by atoms with Gasteiger partial charge in [0, 0.05) is 31.1 Å². The standard InChI is InChI=1S/C19H24FN3O/c1-12(2)13(3)21-19(24)17-11-23-10-15(7-8-18(23)22-17)14-5-4-6-16(20)9-14/h4-6,9,11-13,15H,7-8,10H2,1-3H3,(H,21,24). The molecule has 0 saturated heterocycles. The number of aryl methyl sites for hydroxylation is 1. The summed E-state index contributed by atoms with van der Waals surface area (Å²) in [6, 6.07) is 6.89. The molecule has 5 heteroatoms. The van der Waals surface area contributed by atoms with E-state index >= 15 is 0 Å². The molecule has 2 atom stereocenters. The number of rotatable bonds is 4. The lowest BCUT2D eigenvalue weighted by Crippen LogP contribution is -2.36. The minimum absolute atomic E-state index is 0.108. The van der Waals surface area contributed by atoms with Crippen LogP contribution in [0.4, 0.5) is 4.39 Å². The van der Waals surface area contributed by atoms with E-state index in [0.29, 0.717) is 11.6 Å². The van der Waals surface area contributed by atoms with E-state index in [-0.39, 0.29) is 23.7 Å². The summed E-state index contributed by atoms with van der Waals surface area (Å²) in [5.41, 5.74) is 1.48. The zero-order valence-corrected chi connectivity index (χ0v) is 14.4. The first kappa shape index (κ1) is 16.7. The van der Waals surface area contributed by atoms with Gasteiger partial charge < -0.3 is 9.88 Å². The number of nitrogens with one attached hydrogen (secondary N) is 1. The summed E-state index contributed by atoms with van der Waals surface area (Å²) in [5, 5.41) is 2.99. The molecule has 2 heterocycles. The van der Waals surface area contributed by atoms with E-state index in [9.17, 15) is 9.18 Å². The van der Waals surface area contributed by atoms with Gasteiger partial charge in [-0.1, -0.05) is 26.0 Å². The van der Waals surface area contributed by atoms with Crippen molar-refractivity contribution in [2.45, 2.75) is 52.1 Å². The number of fused-ring (bicyclic) bond motifs is 1. The molecule has 24 heavy (non-hydrogen) atoms. The highest BCUT2D eigenvalue weighted by Gasteiger charge is 2.24. The van der Waals surface area contributed by atoms with Crippen molar-refractivity contribution in [1.82, 2.24) is 14.9 Å². The highest BCUT2D eigenvalue weighted by molar-refractivity contribution is 5.92. The lowest BCUT2D eigenvalue weighted by atomic mass is 9.91. The van der Waals surface area contributed by atoms with Crippen LogP contribution in [0.25, 0.3) is 0 Å². The number of imidazole rings is 1. The zero-order chi connectivity index (χ0) is 17.3. The number of aromatic nitrogens is 2. The monoisotopic (exact) mass is 329 g/mol. The largest absolute Gasteiger partial charge is 0.348 e. The van der Waals surface area contributed by atoms with Crippen LogP contribution >= 0.6 is 0 Å². The van der Waals surface area contributed by atoms with Crippen molar-refractivity contribution < 1.29 is 9.18 Å². The fraction of sp³-hybridized carbons (Fsp3) is 0.474. The third kappa shape index (κ3) is 3.50. The molecule has 0 radical (unpaired) electrons. The Morgan fingerprint density at radius 2 is 2.17 bits per heavy atom. The number of hydrogen-bond acceptors (Lipinski definition) is 2. The summed E-state index contributed by atoms with van der Waals surface area (Å²) in [4.78, 5) is 16.8. The zero-order valence-electron chi connectivity index (χ0n) is 14.4. The van der Waals surface area contributed by atoms with Gasteiger partial charge in [-0.15, -0.1) is 0 Å². The van der Waals surface area contributed by atoms with Gasteiger partial charge in [-0.05, 0) is 37.0 Å². The topological polar surface area (TPSA) is 46.9 Å². The van der Waals surface area contributed by atoms with Crippen molar-refractivity contribution in [2.24, 2.45) is 5.92 Å².